The fraction of sp³-hybridized carbons (Fsp3) is 0. The van der Waals surface area contributed by atoms with Crippen LogP contribution in [0.5, 0.6) is 0 Å². The van der Waals surface area contributed by atoms with Gasteiger partial charge in [-0.15, -0.1) is 11.3 Å². The van der Waals surface area contributed by atoms with Crippen molar-refractivity contribution in [3.05, 3.63) is 181 Å². The molecule has 0 spiro atoms. The predicted molar refractivity (Wildman–Crippen MR) is 229 cm³/mol. The Hall–Kier alpha value is -7.73. The molecule has 57 heavy (non-hydrogen) atoms. The Morgan fingerprint density at radius 3 is 1.28 bits per heavy atom. The average Bonchev–Trinajstić information content (AvgIpc) is 3.68. The highest BCUT2D eigenvalue weighted by atomic mass is 32.1. The Kier molecular flexibility index (Phi) is 8.60. The second-order valence-corrected chi connectivity index (χ2v) is 14.5. The number of aromatic nitrogens is 6. The predicted octanol–water partition coefficient (Wildman–Crippen LogP) is 12.0. The lowest BCUT2D eigenvalue weighted by Gasteiger charge is -2.09. The third kappa shape index (κ3) is 6.59. The lowest BCUT2D eigenvalue weighted by molar-refractivity contribution is 1.07. The highest BCUT2D eigenvalue weighted by Crippen LogP contribution is 2.41. The molecule has 0 unspecified atom stereocenters. The fourth-order valence-corrected chi connectivity index (χ4v) is 8.13. The number of nitrogens with zero attached hydrogens (tertiary/aromatic N) is 7. The molecular weight excluding hydrogens is 719 g/mol. The van der Waals surface area contributed by atoms with Crippen LogP contribution in [0.2, 0.25) is 0 Å². The molecule has 7 aromatic carbocycles. The average molecular weight is 748 g/mol. The fourth-order valence-electron chi connectivity index (χ4n) is 6.94. The van der Waals surface area contributed by atoms with E-state index in [9.17, 15) is 5.26 Å². The Balaban J connectivity index is 1.08. The summed E-state index contributed by atoms with van der Waals surface area (Å²) in [6.07, 6.45) is 0. The first kappa shape index (κ1) is 33.8. The van der Waals surface area contributed by atoms with Crippen LogP contribution in [-0.2, 0) is 0 Å². The Labute approximate surface area is 332 Å². The standard InChI is InChI=1S/C49H29N7S/c50-30-31-19-21-32(22-20-31)33-23-25-37(26-24-33)47-51-44(34-11-4-1-5-12-34)53-48(54-47)38-27-28-42-41(29-38)39-17-10-18-40(43(39)57-42)49-55-45(35-13-6-2-7-14-35)52-46(56-49)36-15-8-3-9-16-36/h1-29H. The molecule has 0 N–H and O–H groups in total. The van der Waals surface area contributed by atoms with Crippen molar-refractivity contribution in [1.82, 2.24) is 29.9 Å². The molecule has 0 aliphatic carbocycles. The Bertz CT molecular complexity index is 3050. The number of thiophene rings is 1. The minimum atomic E-state index is 0.584. The molecule has 3 heterocycles. The lowest BCUT2D eigenvalue weighted by Crippen LogP contribution is -2.00. The van der Waals surface area contributed by atoms with Crippen molar-refractivity contribution in [3.63, 3.8) is 0 Å². The van der Waals surface area contributed by atoms with E-state index in [2.05, 4.69) is 54.6 Å². The molecule has 0 amide bonds. The third-order valence-electron chi connectivity index (χ3n) is 9.85. The van der Waals surface area contributed by atoms with Crippen molar-refractivity contribution in [3.8, 4) is 85.5 Å². The van der Waals surface area contributed by atoms with Crippen LogP contribution >= 0.6 is 11.3 Å². The first-order valence-electron chi connectivity index (χ1n) is 18.4. The van der Waals surface area contributed by atoms with Crippen LogP contribution in [0.3, 0.4) is 0 Å². The van der Waals surface area contributed by atoms with E-state index < -0.39 is 0 Å². The van der Waals surface area contributed by atoms with E-state index in [0.29, 0.717) is 40.5 Å². The molecule has 0 radical (unpaired) electrons. The number of rotatable bonds is 7. The monoisotopic (exact) mass is 747 g/mol. The number of fused-ring (bicyclic) bond motifs is 3. The molecule has 0 saturated heterocycles. The number of hydrogen-bond donors (Lipinski definition) is 0. The van der Waals surface area contributed by atoms with Crippen molar-refractivity contribution < 1.29 is 0 Å². The van der Waals surface area contributed by atoms with E-state index in [1.54, 1.807) is 11.3 Å². The van der Waals surface area contributed by atoms with Gasteiger partial charge in [0.1, 0.15) is 0 Å². The topological polar surface area (TPSA) is 101 Å². The number of nitriles is 1. The summed E-state index contributed by atoms with van der Waals surface area (Å²) < 4.78 is 2.23. The van der Waals surface area contributed by atoms with Gasteiger partial charge in [-0.3, -0.25) is 0 Å². The molecule has 0 aliphatic rings. The zero-order chi connectivity index (χ0) is 38.1. The van der Waals surface area contributed by atoms with E-state index >= 15 is 0 Å². The van der Waals surface area contributed by atoms with Gasteiger partial charge in [-0.25, -0.2) is 29.9 Å². The maximum absolute atomic E-state index is 9.22. The smallest absolute Gasteiger partial charge is 0.165 e. The minimum absolute atomic E-state index is 0.584. The summed E-state index contributed by atoms with van der Waals surface area (Å²) in [6.45, 7) is 0. The van der Waals surface area contributed by atoms with Gasteiger partial charge in [0.15, 0.2) is 34.9 Å². The summed E-state index contributed by atoms with van der Waals surface area (Å²) in [7, 11) is 0. The Morgan fingerprint density at radius 1 is 0.351 bits per heavy atom. The third-order valence-corrected chi connectivity index (χ3v) is 11.1. The van der Waals surface area contributed by atoms with E-state index in [1.165, 1.54) is 0 Å². The van der Waals surface area contributed by atoms with Crippen LogP contribution in [0.25, 0.3) is 99.6 Å². The summed E-state index contributed by atoms with van der Waals surface area (Å²) in [6, 6.07) is 60.8. The van der Waals surface area contributed by atoms with Crippen molar-refractivity contribution in [2.75, 3.05) is 0 Å². The van der Waals surface area contributed by atoms with Crippen molar-refractivity contribution in [2.24, 2.45) is 0 Å². The summed E-state index contributed by atoms with van der Waals surface area (Å²) in [5.41, 5.74) is 8.19. The van der Waals surface area contributed by atoms with Crippen LogP contribution in [0.4, 0.5) is 0 Å². The van der Waals surface area contributed by atoms with Crippen LogP contribution in [-0.4, -0.2) is 29.9 Å². The second kappa shape index (κ2) is 14.5. The van der Waals surface area contributed by atoms with Crippen LogP contribution in [0.1, 0.15) is 5.56 Å². The van der Waals surface area contributed by atoms with Gasteiger partial charge in [0, 0.05) is 53.6 Å². The second-order valence-electron chi connectivity index (χ2n) is 13.5. The highest BCUT2D eigenvalue weighted by molar-refractivity contribution is 7.26. The molecule has 0 fully saturated rings. The van der Waals surface area contributed by atoms with Gasteiger partial charge in [0.2, 0.25) is 0 Å². The molecule has 7 nitrogen and oxygen atoms in total. The maximum atomic E-state index is 9.22. The summed E-state index contributed by atoms with van der Waals surface area (Å²) in [5.74, 6) is 3.65. The number of benzene rings is 7. The quantitative estimate of drug-likeness (QED) is 0.160. The molecule has 0 saturated carbocycles. The summed E-state index contributed by atoms with van der Waals surface area (Å²) in [5, 5.41) is 11.4. The highest BCUT2D eigenvalue weighted by Gasteiger charge is 2.18. The molecule has 10 aromatic rings. The molecule has 3 aromatic heterocycles. The van der Waals surface area contributed by atoms with Crippen LogP contribution < -0.4 is 0 Å². The largest absolute Gasteiger partial charge is 0.208 e. The molecular formula is C49H29N7S. The van der Waals surface area contributed by atoms with Gasteiger partial charge >= 0.3 is 0 Å². The van der Waals surface area contributed by atoms with Crippen molar-refractivity contribution in [2.45, 2.75) is 0 Å². The van der Waals surface area contributed by atoms with E-state index in [1.807, 2.05) is 127 Å². The summed E-state index contributed by atoms with van der Waals surface area (Å²) >= 11 is 1.72. The van der Waals surface area contributed by atoms with Gasteiger partial charge < -0.3 is 0 Å². The van der Waals surface area contributed by atoms with Gasteiger partial charge in [-0.2, -0.15) is 5.26 Å². The molecule has 0 bridgehead atoms. The number of hydrogen-bond acceptors (Lipinski definition) is 8. The van der Waals surface area contributed by atoms with Gasteiger partial charge in [0.25, 0.3) is 0 Å². The van der Waals surface area contributed by atoms with Crippen molar-refractivity contribution in [1.29, 1.82) is 5.26 Å². The van der Waals surface area contributed by atoms with E-state index in [4.69, 9.17) is 29.9 Å². The van der Waals surface area contributed by atoms with E-state index in [0.717, 1.165) is 64.7 Å². The van der Waals surface area contributed by atoms with Gasteiger partial charge in [0.05, 0.1) is 11.6 Å². The molecule has 0 atom stereocenters. The van der Waals surface area contributed by atoms with Crippen LogP contribution in [0.15, 0.2) is 176 Å². The van der Waals surface area contributed by atoms with Gasteiger partial charge in [-0.05, 0) is 47.5 Å². The molecule has 10 rings (SSSR count). The lowest BCUT2D eigenvalue weighted by atomic mass is 10.0. The SMILES string of the molecule is N#Cc1ccc(-c2ccc(-c3nc(-c4ccccc4)nc(-c4ccc5sc6c(-c7nc(-c8ccccc8)nc(-c8ccccc8)n7)cccc6c5c4)n3)cc2)cc1. The zero-order valence-corrected chi connectivity index (χ0v) is 31.1. The molecule has 8 heteroatoms. The maximum Gasteiger partial charge on any atom is 0.165 e. The first-order chi connectivity index (χ1) is 28.2. The van der Waals surface area contributed by atoms with Crippen molar-refractivity contribution >= 4 is 31.5 Å². The molecule has 0 aliphatic heterocycles. The van der Waals surface area contributed by atoms with Crippen LogP contribution in [0, 0.1) is 11.3 Å². The minimum Gasteiger partial charge on any atom is -0.208 e. The zero-order valence-electron chi connectivity index (χ0n) is 30.3. The summed E-state index contributed by atoms with van der Waals surface area (Å²) in [4.78, 5) is 30.0. The van der Waals surface area contributed by atoms with Gasteiger partial charge in [-0.1, -0.05) is 140 Å². The van der Waals surface area contributed by atoms with E-state index in [-0.39, 0.29) is 0 Å². The molecule has 266 valence electrons. The first-order valence-corrected chi connectivity index (χ1v) is 19.2. The normalized spacial score (nSPS) is 11.1. The Morgan fingerprint density at radius 2 is 0.772 bits per heavy atom.